The molecule has 0 aliphatic heterocycles. The lowest BCUT2D eigenvalue weighted by atomic mass is 10.1. The molecular weight excluding hydrogens is 237 g/mol. The van der Waals surface area contributed by atoms with Gasteiger partial charge in [-0.2, -0.15) is 10.2 Å². The van der Waals surface area contributed by atoms with E-state index >= 15 is 0 Å². The lowest BCUT2D eigenvalue weighted by molar-refractivity contribution is 0.473. The van der Waals surface area contributed by atoms with Gasteiger partial charge in [0.05, 0.1) is 5.56 Å². The molecule has 2 aromatic rings. The number of hydrogen-bond acceptors (Lipinski definition) is 6. The molecule has 18 heavy (non-hydrogen) atoms. The fraction of sp³-hybridized carbons (Fsp3) is 0. The van der Waals surface area contributed by atoms with E-state index in [-0.39, 0.29) is 34.3 Å². The first-order valence-electron chi connectivity index (χ1n) is 4.85. The molecule has 0 fully saturated rings. The Labute approximate surface area is 101 Å². The van der Waals surface area contributed by atoms with Crippen molar-refractivity contribution in [2.75, 3.05) is 11.5 Å². The van der Waals surface area contributed by atoms with Crippen molar-refractivity contribution in [1.82, 2.24) is 9.97 Å². The molecule has 1 aromatic heterocycles. The minimum absolute atomic E-state index is 0.00246. The molecule has 0 amide bonds. The highest BCUT2D eigenvalue weighted by Gasteiger charge is 2.14. The van der Waals surface area contributed by atoms with Crippen LogP contribution in [0.25, 0.3) is 11.3 Å². The zero-order chi connectivity index (χ0) is 13.3. The van der Waals surface area contributed by atoms with Crippen LogP contribution in [-0.2, 0) is 0 Å². The van der Waals surface area contributed by atoms with Crippen molar-refractivity contribution in [1.29, 1.82) is 5.26 Å². The van der Waals surface area contributed by atoms with Crippen LogP contribution in [0.4, 0.5) is 16.2 Å². The molecule has 0 saturated carbocycles. The first kappa shape index (κ1) is 11.6. The van der Waals surface area contributed by atoms with Gasteiger partial charge in [0.1, 0.15) is 17.5 Å². The molecule has 6 nitrogen and oxygen atoms in total. The van der Waals surface area contributed by atoms with E-state index in [0.717, 1.165) is 0 Å². The molecule has 7 heteroatoms. The van der Waals surface area contributed by atoms with Crippen molar-refractivity contribution in [2.24, 2.45) is 0 Å². The fourth-order valence-corrected chi connectivity index (χ4v) is 1.45. The summed E-state index contributed by atoms with van der Waals surface area (Å²) in [5.41, 5.74) is 10.9. The number of anilines is 2. The van der Waals surface area contributed by atoms with Crippen LogP contribution < -0.4 is 11.5 Å². The molecule has 0 unspecified atom stereocenters. The Kier molecular flexibility index (Phi) is 2.69. The number of phenols is 1. The van der Waals surface area contributed by atoms with Crippen LogP contribution in [-0.4, -0.2) is 15.1 Å². The zero-order valence-corrected chi connectivity index (χ0v) is 9.05. The number of aromatic hydroxyl groups is 1. The van der Waals surface area contributed by atoms with Crippen molar-refractivity contribution in [3.63, 3.8) is 0 Å². The molecule has 0 aliphatic rings. The Hall–Kier alpha value is -2.88. The lowest BCUT2D eigenvalue weighted by Gasteiger charge is -2.06. The van der Waals surface area contributed by atoms with Gasteiger partial charge < -0.3 is 16.6 Å². The highest BCUT2D eigenvalue weighted by Crippen LogP contribution is 2.28. The van der Waals surface area contributed by atoms with E-state index in [1.165, 1.54) is 18.2 Å². The molecule has 0 atom stereocenters. The molecule has 0 bridgehead atoms. The summed E-state index contributed by atoms with van der Waals surface area (Å²) in [6.45, 7) is 0. The van der Waals surface area contributed by atoms with Gasteiger partial charge in [0, 0.05) is 5.56 Å². The predicted molar refractivity (Wildman–Crippen MR) is 62.6 cm³/mol. The summed E-state index contributed by atoms with van der Waals surface area (Å²) in [6, 6.07) is 5.74. The molecule has 0 spiro atoms. The third-order valence-electron chi connectivity index (χ3n) is 2.28. The summed E-state index contributed by atoms with van der Waals surface area (Å²) < 4.78 is 13.8. The number of nitriles is 1. The van der Waals surface area contributed by atoms with E-state index in [1.54, 1.807) is 6.07 Å². The third kappa shape index (κ3) is 1.87. The van der Waals surface area contributed by atoms with Gasteiger partial charge in [-0.15, -0.1) is 0 Å². The Balaban J connectivity index is 2.66. The van der Waals surface area contributed by atoms with Gasteiger partial charge in [-0.3, -0.25) is 0 Å². The maximum atomic E-state index is 13.8. The second-order valence-electron chi connectivity index (χ2n) is 3.47. The largest absolute Gasteiger partial charge is 0.507 e. The standard InChI is InChI=1S/C11H8FN5O/c12-8-9(16-11(15)17-10(8)14)5-1-2-7(18)6(3-5)4-13/h1-3,18H,(H4,14,15,16,17). The van der Waals surface area contributed by atoms with E-state index in [4.69, 9.17) is 16.7 Å². The van der Waals surface area contributed by atoms with Crippen LogP contribution in [0.2, 0.25) is 0 Å². The molecule has 90 valence electrons. The number of nitrogen functional groups attached to an aromatic ring is 2. The smallest absolute Gasteiger partial charge is 0.222 e. The van der Waals surface area contributed by atoms with Gasteiger partial charge in [-0.05, 0) is 18.2 Å². The monoisotopic (exact) mass is 245 g/mol. The van der Waals surface area contributed by atoms with Crippen molar-refractivity contribution < 1.29 is 9.50 Å². The zero-order valence-electron chi connectivity index (χ0n) is 9.05. The summed E-state index contributed by atoms with van der Waals surface area (Å²) in [6.07, 6.45) is 0. The SMILES string of the molecule is N#Cc1cc(-c2nc(N)nc(N)c2F)ccc1O. The van der Waals surface area contributed by atoms with Gasteiger partial charge in [0.25, 0.3) is 0 Å². The molecule has 0 aliphatic carbocycles. The average molecular weight is 245 g/mol. The quantitative estimate of drug-likeness (QED) is 0.689. The third-order valence-corrected chi connectivity index (χ3v) is 2.28. The van der Waals surface area contributed by atoms with Gasteiger partial charge in [-0.1, -0.05) is 0 Å². The van der Waals surface area contributed by atoms with Crippen LogP contribution in [0.15, 0.2) is 18.2 Å². The summed E-state index contributed by atoms with van der Waals surface area (Å²) >= 11 is 0. The molecule has 0 radical (unpaired) electrons. The number of rotatable bonds is 1. The van der Waals surface area contributed by atoms with E-state index in [1.807, 2.05) is 0 Å². The van der Waals surface area contributed by atoms with E-state index in [0.29, 0.717) is 0 Å². The first-order chi connectivity index (χ1) is 8.52. The highest BCUT2D eigenvalue weighted by molar-refractivity contribution is 5.67. The molecule has 1 heterocycles. The topological polar surface area (TPSA) is 122 Å². The number of benzene rings is 1. The van der Waals surface area contributed by atoms with Gasteiger partial charge >= 0.3 is 0 Å². The average Bonchev–Trinajstić information content (AvgIpc) is 2.34. The Morgan fingerprint density at radius 2 is 2.00 bits per heavy atom. The molecule has 1 aromatic carbocycles. The number of aromatic nitrogens is 2. The van der Waals surface area contributed by atoms with Crippen molar-refractivity contribution >= 4 is 11.8 Å². The van der Waals surface area contributed by atoms with Crippen LogP contribution in [0.1, 0.15) is 5.56 Å². The number of nitrogens with two attached hydrogens (primary N) is 2. The second kappa shape index (κ2) is 4.18. The van der Waals surface area contributed by atoms with Crippen LogP contribution >= 0.6 is 0 Å². The van der Waals surface area contributed by atoms with Crippen molar-refractivity contribution in [3.05, 3.63) is 29.6 Å². The predicted octanol–water partition coefficient (Wildman–Crippen LogP) is 1.02. The molecule has 0 saturated heterocycles. The van der Waals surface area contributed by atoms with Crippen LogP contribution in [0, 0.1) is 17.1 Å². The first-order valence-corrected chi connectivity index (χ1v) is 4.85. The maximum Gasteiger partial charge on any atom is 0.222 e. The van der Waals surface area contributed by atoms with Crippen molar-refractivity contribution in [3.8, 4) is 23.1 Å². The Morgan fingerprint density at radius 3 is 2.67 bits per heavy atom. The van der Waals surface area contributed by atoms with E-state index in [2.05, 4.69) is 9.97 Å². The van der Waals surface area contributed by atoms with E-state index in [9.17, 15) is 9.50 Å². The van der Waals surface area contributed by atoms with Gasteiger partial charge in [-0.25, -0.2) is 9.37 Å². The molecule has 5 N–H and O–H groups in total. The number of hydrogen-bond donors (Lipinski definition) is 3. The van der Waals surface area contributed by atoms with Gasteiger partial charge in [0.15, 0.2) is 11.6 Å². The maximum absolute atomic E-state index is 13.8. The number of halogens is 1. The second-order valence-corrected chi connectivity index (χ2v) is 3.47. The minimum atomic E-state index is -0.821. The summed E-state index contributed by atoms with van der Waals surface area (Å²) in [4.78, 5) is 7.20. The molecular formula is C11H8FN5O. The van der Waals surface area contributed by atoms with Crippen molar-refractivity contribution in [2.45, 2.75) is 0 Å². The van der Waals surface area contributed by atoms with Crippen LogP contribution in [0.5, 0.6) is 5.75 Å². The summed E-state index contributed by atoms with van der Waals surface area (Å²) in [7, 11) is 0. The lowest BCUT2D eigenvalue weighted by Crippen LogP contribution is -2.05. The minimum Gasteiger partial charge on any atom is -0.507 e. The Morgan fingerprint density at radius 1 is 1.28 bits per heavy atom. The summed E-state index contributed by atoms with van der Waals surface area (Å²) in [5, 5.41) is 18.1. The van der Waals surface area contributed by atoms with Crippen LogP contribution in [0.3, 0.4) is 0 Å². The van der Waals surface area contributed by atoms with E-state index < -0.39 is 5.82 Å². The number of phenolic OH excluding ortho intramolecular Hbond substituents is 1. The van der Waals surface area contributed by atoms with Gasteiger partial charge in [0.2, 0.25) is 5.95 Å². The highest BCUT2D eigenvalue weighted by atomic mass is 19.1. The summed E-state index contributed by atoms with van der Waals surface area (Å²) in [5.74, 6) is -1.56. The molecule has 2 rings (SSSR count). The Bertz CT molecular complexity index is 665. The normalized spacial score (nSPS) is 10.0. The fourth-order valence-electron chi connectivity index (χ4n) is 1.45. The number of nitrogens with zero attached hydrogens (tertiary/aromatic N) is 3.